The number of hydrogen-bond acceptors (Lipinski definition) is 6. The predicted molar refractivity (Wildman–Crippen MR) is 159 cm³/mol. The van der Waals surface area contributed by atoms with Crippen LogP contribution in [0.1, 0.15) is 58.6 Å². The van der Waals surface area contributed by atoms with Gasteiger partial charge in [0.25, 0.3) is 5.91 Å². The van der Waals surface area contributed by atoms with Crippen molar-refractivity contribution in [2.75, 3.05) is 31.6 Å². The number of aryl methyl sites for hydroxylation is 1. The number of carbonyl (C=O) groups is 2. The summed E-state index contributed by atoms with van der Waals surface area (Å²) in [5.41, 5.74) is 0.592. The summed E-state index contributed by atoms with van der Waals surface area (Å²) in [6.07, 6.45) is 1.68. The number of likely N-dealkylation sites (tertiary alicyclic amines) is 1. The zero-order valence-corrected chi connectivity index (χ0v) is 24.8. The normalized spacial score (nSPS) is 19.7. The molecule has 1 saturated heterocycles. The first-order valence-corrected chi connectivity index (χ1v) is 14.4. The molecule has 3 aliphatic rings. The van der Waals surface area contributed by atoms with Gasteiger partial charge in [0.1, 0.15) is 18.4 Å². The lowest BCUT2D eigenvalue weighted by Crippen LogP contribution is -2.48. The van der Waals surface area contributed by atoms with Gasteiger partial charge in [-0.15, -0.1) is 10.2 Å². The van der Waals surface area contributed by atoms with Crippen LogP contribution in [-0.2, 0) is 31.1 Å². The van der Waals surface area contributed by atoms with Crippen molar-refractivity contribution in [1.82, 2.24) is 25.0 Å². The van der Waals surface area contributed by atoms with Gasteiger partial charge in [-0.25, -0.2) is 0 Å². The Balaban J connectivity index is 0.000000232. The molecule has 1 aromatic heterocycles. The molecule has 2 aliphatic heterocycles. The van der Waals surface area contributed by atoms with E-state index in [1.807, 2.05) is 24.7 Å². The summed E-state index contributed by atoms with van der Waals surface area (Å²) < 4.78 is 43.1. The fourth-order valence-corrected chi connectivity index (χ4v) is 5.79. The molecule has 230 valence electrons. The average Bonchev–Trinajstić information content (AvgIpc) is 3.52. The quantitative estimate of drug-likeness (QED) is 0.298. The van der Waals surface area contributed by atoms with Crippen LogP contribution in [0.2, 0.25) is 0 Å². The van der Waals surface area contributed by atoms with E-state index in [9.17, 15) is 18.0 Å². The Morgan fingerprint density at radius 2 is 1.79 bits per heavy atom. The van der Waals surface area contributed by atoms with Crippen LogP contribution in [0.25, 0.3) is 0 Å². The number of nitrogens with zero attached hydrogens (tertiary/aromatic N) is 5. The number of alkyl halides is 3. The Hall–Kier alpha value is -3.83. The molecule has 3 aromatic rings. The van der Waals surface area contributed by atoms with E-state index in [0.717, 1.165) is 31.4 Å². The number of carbonyl (C=O) groups excluding carboxylic acids is 2. The number of anilines is 1. The van der Waals surface area contributed by atoms with Crippen LogP contribution < -0.4 is 10.2 Å². The van der Waals surface area contributed by atoms with Gasteiger partial charge in [0.2, 0.25) is 0 Å². The minimum absolute atomic E-state index is 0.0604. The zero-order chi connectivity index (χ0) is 31.1. The summed E-state index contributed by atoms with van der Waals surface area (Å²) in [4.78, 5) is 25.5. The Morgan fingerprint density at radius 3 is 2.33 bits per heavy atom. The van der Waals surface area contributed by atoms with Gasteiger partial charge in [-0.05, 0) is 73.2 Å². The Morgan fingerprint density at radius 1 is 1.12 bits per heavy atom. The molecule has 0 atom stereocenters. The lowest BCUT2D eigenvalue weighted by molar-refractivity contribution is -0.138. The Labute approximate surface area is 250 Å². The van der Waals surface area contributed by atoms with Crippen molar-refractivity contribution in [3.05, 3.63) is 89.5 Å². The van der Waals surface area contributed by atoms with Crippen molar-refractivity contribution < 1.29 is 22.8 Å². The molecule has 0 radical (unpaired) electrons. The van der Waals surface area contributed by atoms with Crippen molar-refractivity contribution in [1.29, 1.82) is 0 Å². The van der Waals surface area contributed by atoms with E-state index in [1.165, 1.54) is 29.9 Å². The maximum absolute atomic E-state index is 13.7. The first-order valence-electron chi connectivity index (χ1n) is 14.4. The van der Waals surface area contributed by atoms with Gasteiger partial charge in [-0.2, -0.15) is 13.2 Å². The first kappa shape index (κ1) is 32.1. The highest BCUT2D eigenvalue weighted by molar-refractivity contribution is 6.10. The van der Waals surface area contributed by atoms with Crippen LogP contribution in [0.4, 0.5) is 18.9 Å². The minimum atomic E-state index is -4.50. The summed E-state index contributed by atoms with van der Waals surface area (Å²) in [6, 6.07) is 11.6. The number of benzene rings is 2. The molecule has 1 aliphatic carbocycles. The van der Waals surface area contributed by atoms with Gasteiger partial charge >= 0.3 is 6.18 Å². The zero-order valence-electron chi connectivity index (χ0n) is 24.8. The number of rotatable bonds is 7. The molecular weight excluding hydrogens is 557 g/mol. The molecule has 0 spiro atoms. The van der Waals surface area contributed by atoms with Crippen molar-refractivity contribution in [3.8, 4) is 0 Å². The molecule has 43 heavy (non-hydrogen) atoms. The van der Waals surface area contributed by atoms with Crippen LogP contribution in [0, 0.1) is 11.8 Å². The molecule has 2 aromatic carbocycles. The number of hydrogen-bond donors (Lipinski definition) is 1. The third-order valence-electron chi connectivity index (χ3n) is 7.96. The average molecular weight is 597 g/mol. The molecule has 8 nitrogen and oxygen atoms in total. The number of amides is 1. The third kappa shape index (κ3) is 7.97. The fraction of sp³-hybridized carbons (Fsp3) is 0.438. The first-order chi connectivity index (χ1) is 20.5. The second-order valence-electron chi connectivity index (χ2n) is 11.6. The summed E-state index contributed by atoms with van der Waals surface area (Å²) in [6.45, 7) is 8.40. The van der Waals surface area contributed by atoms with Crippen LogP contribution >= 0.6 is 0 Å². The molecule has 3 heterocycles. The molecule has 0 unspecified atom stereocenters. The fourth-order valence-electron chi connectivity index (χ4n) is 5.79. The van der Waals surface area contributed by atoms with Crippen LogP contribution in [0.15, 0.2) is 61.4 Å². The van der Waals surface area contributed by atoms with Crippen molar-refractivity contribution in [3.63, 3.8) is 0 Å². The number of allylic oxidation sites excluding steroid dienone is 1. The molecule has 11 heteroatoms. The molecule has 6 rings (SSSR count). The van der Waals surface area contributed by atoms with E-state index in [2.05, 4.69) is 33.9 Å². The smallest absolute Gasteiger partial charge is 0.320 e. The summed E-state index contributed by atoms with van der Waals surface area (Å²) in [5.74, 6) is 2.86. The highest BCUT2D eigenvalue weighted by atomic mass is 19.4. The summed E-state index contributed by atoms with van der Waals surface area (Å²) in [5, 5.41) is 11.2. The summed E-state index contributed by atoms with van der Waals surface area (Å²) >= 11 is 0. The number of aldehydes is 1. The lowest BCUT2D eigenvalue weighted by Gasteiger charge is -2.36. The molecular formula is C32H39F3N6O2. The van der Waals surface area contributed by atoms with Gasteiger partial charge in [0, 0.05) is 50.4 Å². The van der Waals surface area contributed by atoms with Gasteiger partial charge in [0.15, 0.2) is 0 Å². The molecule has 1 saturated carbocycles. The largest absolute Gasteiger partial charge is 0.416 e. The van der Waals surface area contributed by atoms with Crippen LogP contribution in [-0.4, -0.2) is 58.5 Å². The highest BCUT2D eigenvalue weighted by Gasteiger charge is 2.40. The molecule has 2 fully saturated rings. The number of para-hydroxylation sites is 1. The predicted octanol–water partition coefficient (Wildman–Crippen LogP) is 5.22. The van der Waals surface area contributed by atoms with E-state index >= 15 is 0 Å². The monoisotopic (exact) mass is 596 g/mol. The maximum atomic E-state index is 13.7. The highest BCUT2D eigenvalue weighted by Crippen LogP contribution is 2.40. The van der Waals surface area contributed by atoms with Crippen molar-refractivity contribution >= 4 is 17.9 Å². The standard InChI is InChI=1S/C21H22F3N3O.C8H13N3.C3H4O/c1-26-11-15(12-26)10-25-9-14-7-17-18(19(8-14)21(22,23)24)13-27(20(17)28)16-5-3-2-4-6-16;1-6-3-7(4-6)8-10-9-5-11(8)2;1-2-3-4/h2-8,15,25H,9-13H2,1H3;5-7H,3-4H2,1-2H3;2-3H,1H2. The third-order valence-corrected chi connectivity index (χ3v) is 7.96. The lowest BCUT2D eigenvalue weighted by atomic mass is 9.76. The van der Waals surface area contributed by atoms with E-state index in [0.29, 0.717) is 35.9 Å². The second kappa shape index (κ2) is 14.1. The summed E-state index contributed by atoms with van der Waals surface area (Å²) in [7, 11) is 4.05. The van der Waals surface area contributed by atoms with Crippen molar-refractivity contribution in [2.24, 2.45) is 18.9 Å². The molecule has 0 bridgehead atoms. The minimum Gasteiger partial charge on any atom is -0.320 e. The SMILES string of the molecule is C=CC=O.CC1CC(c2nncn2C)C1.CN1CC(CNCc2cc3c(c(C(F)(F)F)c2)CN(c2ccccc2)C3=O)C1. The van der Waals surface area contributed by atoms with E-state index < -0.39 is 11.7 Å². The second-order valence-corrected chi connectivity index (χ2v) is 11.6. The van der Waals surface area contributed by atoms with E-state index in [-0.39, 0.29) is 23.6 Å². The van der Waals surface area contributed by atoms with E-state index in [1.54, 1.807) is 36.7 Å². The van der Waals surface area contributed by atoms with Gasteiger partial charge in [0.05, 0.1) is 12.1 Å². The van der Waals surface area contributed by atoms with Crippen molar-refractivity contribution in [2.45, 2.75) is 44.9 Å². The Kier molecular flexibility index (Phi) is 10.5. The maximum Gasteiger partial charge on any atom is 0.416 e. The number of fused-ring (bicyclic) bond motifs is 1. The van der Waals surface area contributed by atoms with Gasteiger partial charge < -0.3 is 19.7 Å². The molecule has 1 amide bonds. The van der Waals surface area contributed by atoms with E-state index in [4.69, 9.17) is 4.79 Å². The molecule has 1 N–H and O–H groups in total. The van der Waals surface area contributed by atoms with Gasteiger partial charge in [-0.3, -0.25) is 9.59 Å². The number of halogens is 3. The topological polar surface area (TPSA) is 83.4 Å². The number of nitrogens with one attached hydrogen (secondary N) is 1. The van der Waals surface area contributed by atoms with Crippen LogP contribution in [0.3, 0.4) is 0 Å². The number of aromatic nitrogens is 3. The van der Waals surface area contributed by atoms with Crippen LogP contribution in [0.5, 0.6) is 0 Å². The Bertz CT molecular complexity index is 1390. The van der Waals surface area contributed by atoms with Gasteiger partial charge in [-0.1, -0.05) is 31.7 Å².